The predicted octanol–water partition coefficient (Wildman–Crippen LogP) is 5.23. The standard InChI is InChI=1S/C27H36N4O2S/c1-17(2)23(31-25(32)18-11-13-19(14-12-18)27(3,4)5)26(33)30-22(15-16-34-6)24-28-20-9-7-8-10-21(20)29-24/h7-14,17,22-23H,15-16H2,1-6H3,(H,28,29)(H,30,33)(H,31,32)/t22-,23-/m0/s1. The van der Waals surface area contributed by atoms with Crippen LogP contribution in [-0.2, 0) is 10.2 Å². The van der Waals surface area contributed by atoms with Crippen molar-refractivity contribution in [2.45, 2.75) is 58.5 Å². The summed E-state index contributed by atoms with van der Waals surface area (Å²) < 4.78 is 0. The van der Waals surface area contributed by atoms with Crippen molar-refractivity contribution in [3.63, 3.8) is 0 Å². The number of nitrogens with one attached hydrogen (secondary N) is 3. The van der Waals surface area contributed by atoms with Crippen LogP contribution >= 0.6 is 11.8 Å². The highest BCUT2D eigenvalue weighted by molar-refractivity contribution is 7.98. The molecule has 0 radical (unpaired) electrons. The molecule has 3 N–H and O–H groups in total. The van der Waals surface area contributed by atoms with Crippen LogP contribution in [-0.4, -0.2) is 39.8 Å². The van der Waals surface area contributed by atoms with E-state index in [2.05, 4.69) is 36.4 Å². The first-order valence-corrected chi connectivity index (χ1v) is 13.1. The van der Waals surface area contributed by atoms with Gasteiger partial charge >= 0.3 is 0 Å². The van der Waals surface area contributed by atoms with Crippen molar-refractivity contribution in [1.82, 2.24) is 20.6 Å². The predicted molar refractivity (Wildman–Crippen MR) is 141 cm³/mol. The number of thioether (sulfide) groups is 1. The van der Waals surface area contributed by atoms with Gasteiger partial charge in [-0.3, -0.25) is 9.59 Å². The summed E-state index contributed by atoms with van der Waals surface area (Å²) in [5.41, 5.74) is 3.52. The van der Waals surface area contributed by atoms with Crippen molar-refractivity contribution in [2.75, 3.05) is 12.0 Å². The first kappa shape index (κ1) is 25.8. The summed E-state index contributed by atoms with van der Waals surface area (Å²) in [5, 5.41) is 6.08. The Morgan fingerprint density at radius 2 is 1.71 bits per heavy atom. The number of para-hydroxylation sites is 2. The fourth-order valence-corrected chi connectivity index (χ4v) is 4.26. The lowest BCUT2D eigenvalue weighted by atomic mass is 9.86. The number of carbonyl (C=O) groups excluding carboxylic acids is 2. The average molecular weight is 481 g/mol. The molecule has 7 heteroatoms. The number of amides is 2. The average Bonchev–Trinajstić information content (AvgIpc) is 3.23. The van der Waals surface area contributed by atoms with Gasteiger partial charge in [0.15, 0.2) is 0 Å². The van der Waals surface area contributed by atoms with Gasteiger partial charge in [-0.1, -0.05) is 58.9 Å². The Bertz CT molecular complexity index is 1080. The number of benzene rings is 2. The molecule has 0 fully saturated rings. The Balaban J connectivity index is 1.75. The van der Waals surface area contributed by atoms with E-state index in [1.807, 2.05) is 68.6 Å². The zero-order valence-corrected chi connectivity index (χ0v) is 21.8. The Morgan fingerprint density at radius 3 is 2.29 bits per heavy atom. The van der Waals surface area contributed by atoms with Crippen LogP contribution in [0.25, 0.3) is 11.0 Å². The van der Waals surface area contributed by atoms with Gasteiger partial charge in [-0.25, -0.2) is 4.98 Å². The fourth-order valence-electron chi connectivity index (χ4n) is 3.79. The second kappa shape index (κ2) is 11.1. The molecule has 6 nitrogen and oxygen atoms in total. The number of H-pyrrole nitrogens is 1. The number of nitrogens with zero attached hydrogens (tertiary/aromatic N) is 1. The van der Waals surface area contributed by atoms with Crippen LogP contribution in [0, 0.1) is 5.92 Å². The lowest BCUT2D eigenvalue weighted by Crippen LogP contribution is -2.50. The number of carbonyl (C=O) groups is 2. The maximum absolute atomic E-state index is 13.3. The van der Waals surface area contributed by atoms with E-state index in [4.69, 9.17) is 4.98 Å². The molecule has 3 aromatic rings. The van der Waals surface area contributed by atoms with Gasteiger partial charge in [-0.2, -0.15) is 11.8 Å². The normalized spacial score (nSPS) is 13.6. The zero-order valence-electron chi connectivity index (χ0n) is 20.9. The van der Waals surface area contributed by atoms with Gasteiger partial charge in [-0.05, 0) is 59.6 Å². The summed E-state index contributed by atoms with van der Waals surface area (Å²) in [6.45, 7) is 10.3. The van der Waals surface area contributed by atoms with E-state index < -0.39 is 6.04 Å². The molecule has 0 bridgehead atoms. The smallest absolute Gasteiger partial charge is 0.251 e. The molecule has 0 unspecified atom stereocenters. The van der Waals surface area contributed by atoms with E-state index in [9.17, 15) is 9.59 Å². The highest BCUT2D eigenvalue weighted by atomic mass is 32.2. The maximum atomic E-state index is 13.3. The third-order valence-electron chi connectivity index (χ3n) is 5.91. The van der Waals surface area contributed by atoms with Gasteiger partial charge in [0.2, 0.25) is 5.91 Å². The molecular formula is C27H36N4O2S. The molecule has 0 saturated carbocycles. The number of fused-ring (bicyclic) bond motifs is 1. The Kier molecular flexibility index (Phi) is 8.42. The molecule has 2 atom stereocenters. The summed E-state index contributed by atoms with van der Waals surface area (Å²) in [4.78, 5) is 34.3. The van der Waals surface area contributed by atoms with Crippen LogP contribution in [0.3, 0.4) is 0 Å². The lowest BCUT2D eigenvalue weighted by molar-refractivity contribution is -0.124. The minimum Gasteiger partial charge on any atom is -0.344 e. The summed E-state index contributed by atoms with van der Waals surface area (Å²) in [5.74, 6) is 1.07. The molecule has 0 aliphatic heterocycles. The van der Waals surface area contributed by atoms with Crippen LogP contribution < -0.4 is 10.6 Å². The van der Waals surface area contributed by atoms with Crippen LogP contribution in [0.15, 0.2) is 48.5 Å². The number of aromatic nitrogens is 2. The summed E-state index contributed by atoms with van der Waals surface area (Å²) in [6.07, 6.45) is 2.78. The van der Waals surface area contributed by atoms with Gasteiger partial charge in [-0.15, -0.1) is 0 Å². The van der Waals surface area contributed by atoms with E-state index in [-0.39, 0.29) is 29.2 Å². The largest absolute Gasteiger partial charge is 0.344 e. The fraction of sp³-hybridized carbons (Fsp3) is 0.444. The van der Waals surface area contributed by atoms with Crippen LogP contribution in [0.5, 0.6) is 0 Å². The summed E-state index contributed by atoms with van der Waals surface area (Å²) in [6, 6.07) is 14.5. The highest BCUT2D eigenvalue weighted by Gasteiger charge is 2.28. The molecule has 1 aromatic heterocycles. The quantitative estimate of drug-likeness (QED) is 0.392. The SMILES string of the molecule is CSCC[C@H](NC(=O)[C@@H](NC(=O)c1ccc(C(C)(C)C)cc1)C(C)C)c1nc2ccccc2[nH]1. The van der Waals surface area contributed by atoms with Crippen molar-refractivity contribution in [3.8, 4) is 0 Å². The van der Waals surface area contributed by atoms with E-state index in [1.165, 1.54) is 0 Å². The molecule has 2 amide bonds. The second-order valence-corrected chi connectivity index (χ2v) is 11.0. The van der Waals surface area contributed by atoms with Gasteiger partial charge in [0, 0.05) is 5.56 Å². The number of imidazole rings is 1. The second-order valence-electron chi connectivity index (χ2n) is 10.0. The summed E-state index contributed by atoms with van der Waals surface area (Å²) in [7, 11) is 0. The minimum absolute atomic E-state index is 0.0117. The topological polar surface area (TPSA) is 86.9 Å². The number of rotatable bonds is 9. The van der Waals surface area contributed by atoms with Crippen LogP contribution in [0.4, 0.5) is 0 Å². The zero-order chi connectivity index (χ0) is 24.9. The number of hydrogen-bond donors (Lipinski definition) is 3. The van der Waals surface area contributed by atoms with Crippen molar-refractivity contribution >= 4 is 34.6 Å². The molecule has 0 aliphatic carbocycles. The van der Waals surface area contributed by atoms with E-state index in [0.717, 1.165) is 34.6 Å². The molecular weight excluding hydrogens is 444 g/mol. The lowest BCUT2D eigenvalue weighted by Gasteiger charge is -2.25. The Hall–Kier alpha value is -2.80. The van der Waals surface area contributed by atoms with Gasteiger partial charge in [0.05, 0.1) is 17.1 Å². The van der Waals surface area contributed by atoms with Gasteiger partial charge in [0.1, 0.15) is 11.9 Å². The van der Waals surface area contributed by atoms with Crippen molar-refractivity contribution in [2.24, 2.45) is 5.92 Å². The molecule has 0 spiro atoms. The monoisotopic (exact) mass is 480 g/mol. The molecule has 34 heavy (non-hydrogen) atoms. The molecule has 0 saturated heterocycles. The molecule has 1 heterocycles. The molecule has 2 aromatic carbocycles. The van der Waals surface area contributed by atoms with E-state index in [1.54, 1.807) is 11.8 Å². The van der Waals surface area contributed by atoms with Crippen LogP contribution in [0.2, 0.25) is 0 Å². The first-order chi connectivity index (χ1) is 16.1. The molecule has 0 aliphatic rings. The number of aromatic amines is 1. The first-order valence-electron chi connectivity index (χ1n) is 11.8. The van der Waals surface area contributed by atoms with Crippen LogP contribution in [0.1, 0.15) is 68.8 Å². The van der Waals surface area contributed by atoms with E-state index in [0.29, 0.717) is 5.56 Å². The van der Waals surface area contributed by atoms with Gasteiger partial charge < -0.3 is 15.6 Å². The van der Waals surface area contributed by atoms with Crippen molar-refractivity contribution < 1.29 is 9.59 Å². The summed E-state index contributed by atoms with van der Waals surface area (Å²) >= 11 is 1.72. The third-order valence-corrected chi connectivity index (χ3v) is 6.56. The number of hydrogen-bond acceptors (Lipinski definition) is 4. The molecule has 182 valence electrons. The van der Waals surface area contributed by atoms with Crippen molar-refractivity contribution in [1.29, 1.82) is 0 Å². The third kappa shape index (κ3) is 6.41. The Labute approximate surface area is 206 Å². The van der Waals surface area contributed by atoms with Crippen molar-refractivity contribution in [3.05, 3.63) is 65.5 Å². The molecule has 3 rings (SSSR count). The van der Waals surface area contributed by atoms with E-state index >= 15 is 0 Å². The minimum atomic E-state index is -0.657. The Morgan fingerprint density at radius 1 is 1.03 bits per heavy atom. The maximum Gasteiger partial charge on any atom is 0.251 e. The highest BCUT2D eigenvalue weighted by Crippen LogP contribution is 2.23. The van der Waals surface area contributed by atoms with Gasteiger partial charge in [0.25, 0.3) is 5.91 Å².